The van der Waals surface area contributed by atoms with Crippen molar-refractivity contribution in [1.82, 2.24) is 0 Å². The molecule has 0 aliphatic carbocycles. The minimum atomic E-state index is -9.21. The first-order valence-corrected chi connectivity index (χ1v) is 28.4. The average molecular weight is 1250 g/mol. The van der Waals surface area contributed by atoms with Gasteiger partial charge in [-0.15, -0.1) is 0 Å². The molecule has 0 aliphatic rings. The maximum absolute atomic E-state index is 14.6. The number of rotatable bonds is 24. The molecule has 2 atom stereocenters. The molecule has 0 radical (unpaired) electrons. The molecule has 2 unspecified atom stereocenters. The zero-order chi connectivity index (χ0) is 55.1. The van der Waals surface area contributed by atoms with Gasteiger partial charge in [0.15, 0.2) is 0 Å². The van der Waals surface area contributed by atoms with E-state index in [0.29, 0.717) is 0 Å². The van der Waals surface area contributed by atoms with E-state index >= 15 is 0 Å². The second-order valence-electron chi connectivity index (χ2n) is 12.5. The molecule has 5 nitrogen and oxygen atoms in total. The fraction of sp³-hybridized carbons (Fsp3) is 1.00. The normalized spacial score (nSPS) is 17.5. The van der Waals surface area contributed by atoms with Crippen molar-refractivity contribution in [2.75, 3.05) is 13.2 Å². The number of ether oxygens (including phenoxy) is 1. The van der Waals surface area contributed by atoms with Gasteiger partial charge in [-0.2, -0.15) is 0 Å². The summed E-state index contributed by atoms with van der Waals surface area (Å²) in [5, 5.41) is -23.1. The van der Waals surface area contributed by atoms with Crippen LogP contribution in [0.1, 0.15) is 13.8 Å². The van der Waals surface area contributed by atoms with E-state index in [1.807, 2.05) is 0 Å². The van der Waals surface area contributed by atoms with Crippen molar-refractivity contribution in [3.8, 4) is 0 Å². The van der Waals surface area contributed by atoms with Crippen LogP contribution in [-0.2, 0) is 20.9 Å². The van der Waals surface area contributed by atoms with E-state index in [-0.39, 0.29) is 13.8 Å². The van der Waals surface area contributed by atoms with Crippen molar-refractivity contribution >= 4 is 43.2 Å². The van der Waals surface area contributed by atoms with Crippen molar-refractivity contribution < 1.29 is 171 Å². The van der Waals surface area contributed by atoms with Gasteiger partial charge in [0.05, 0.1) is 0 Å². The van der Waals surface area contributed by atoms with E-state index in [9.17, 15) is 166 Å². The molecule has 0 aromatic heterocycles. The summed E-state index contributed by atoms with van der Waals surface area (Å²) < 4.78 is 516. The van der Waals surface area contributed by atoms with Crippen LogP contribution in [0.15, 0.2) is 0 Å². The summed E-state index contributed by atoms with van der Waals surface area (Å²) in [7, 11) is -15.4. The first-order chi connectivity index (χ1) is 28.6. The molecule has 0 spiro atoms. The first kappa shape index (κ1) is 65.6. The molecule has 0 saturated carbocycles. The number of halogens is 34. The monoisotopic (exact) mass is 1250 g/mol. The predicted octanol–water partition coefficient (Wildman–Crippen LogP) is 11.8. The van der Waals surface area contributed by atoms with Gasteiger partial charge in [-0.25, -0.2) is 0 Å². The van der Waals surface area contributed by atoms with Gasteiger partial charge in [-0.3, -0.25) is 0 Å². The Morgan fingerprint density at radius 3 is 0.627 bits per heavy atom. The Morgan fingerprint density at radius 2 is 0.463 bits per heavy atom. The quantitative estimate of drug-likeness (QED) is 0.0547. The average Bonchev–Trinajstić information content (AvgIpc) is 3.12. The van der Waals surface area contributed by atoms with Gasteiger partial charge in [0, 0.05) is 0 Å². The van der Waals surface area contributed by atoms with Gasteiger partial charge in [-0.05, 0) is 0 Å². The van der Waals surface area contributed by atoms with E-state index in [1.165, 1.54) is 0 Å². The number of alkyl halides is 34. The molecule has 0 N–H and O–H groups in total. The second-order valence-corrected chi connectivity index (χ2v) is 35.4. The van der Waals surface area contributed by atoms with Crippen LogP contribution in [0.5, 0.6) is 0 Å². The topological polar surface area (TPSA) is 77.5 Å². The van der Waals surface area contributed by atoms with Crippen LogP contribution >= 0.6 is 0 Å². The Bertz CT molecular complexity index is 1820. The molecule has 0 fully saturated rings. The molecule has 0 aromatic carbocycles. The standard InChI is InChI=1S/C24H18As2F34O5S2/c1-3-25(66(61,62)23(57,58)19(47,48)15(39,40)11(31,32)9(27,28)13(35,36)17(43,44)21(51,52)53)5-7-65-8-6-26(4-2)67(63,64)24(59,60)20(49,50)16(41,42)12(33,34)10(29,30)14(37,38)18(45,46)22(54,55)56/h3-8H2,1-2H3. The minimum absolute atomic E-state index is 0.278. The van der Waals surface area contributed by atoms with E-state index in [2.05, 4.69) is 4.74 Å². The molecule has 43 heteroatoms. The Labute approximate surface area is 355 Å². The second kappa shape index (κ2) is 18.3. The third-order valence-corrected chi connectivity index (χ3v) is 33.4. The predicted molar refractivity (Wildman–Crippen MR) is 152 cm³/mol. The fourth-order valence-corrected chi connectivity index (χ4v) is 23.3. The third kappa shape index (κ3) is 9.12. The van der Waals surface area contributed by atoms with Crippen molar-refractivity contribution in [3.05, 3.63) is 0 Å². The Morgan fingerprint density at radius 1 is 0.299 bits per heavy atom. The summed E-state index contributed by atoms with van der Waals surface area (Å²) in [5.41, 5.74) is 0. The van der Waals surface area contributed by atoms with E-state index in [0.717, 1.165) is 0 Å². The van der Waals surface area contributed by atoms with Crippen LogP contribution in [-0.4, -0.2) is 151 Å². The molecule has 0 aromatic rings. The van der Waals surface area contributed by atoms with Crippen LogP contribution in [0.3, 0.4) is 0 Å². The molecule has 0 saturated heterocycles. The summed E-state index contributed by atoms with van der Waals surface area (Å²) in [5.74, 6) is -107. The van der Waals surface area contributed by atoms with Crippen molar-refractivity contribution in [3.63, 3.8) is 0 Å². The fourth-order valence-electron chi connectivity index (χ4n) is 4.28. The van der Waals surface area contributed by atoms with Gasteiger partial charge in [-0.1, -0.05) is 0 Å². The molecule has 0 bridgehead atoms. The van der Waals surface area contributed by atoms with Crippen LogP contribution in [0.25, 0.3) is 0 Å². The van der Waals surface area contributed by atoms with Crippen molar-refractivity contribution in [1.29, 1.82) is 0 Å². The zero-order valence-electron chi connectivity index (χ0n) is 30.8. The zero-order valence-corrected chi connectivity index (χ0v) is 36.2. The van der Waals surface area contributed by atoms with E-state index in [1.54, 1.807) is 0 Å². The third-order valence-electron chi connectivity index (χ3n) is 8.39. The first-order valence-electron chi connectivity index (χ1n) is 15.6. The van der Waals surface area contributed by atoms with Gasteiger partial charge >= 0.3 is 356 Å². The summed E-state index contributed by atoms with van der Waals surface area (Å²) in [6.45, 7) is -3.10. The Hall–Kier alpha value is -1.40. The molecule has 67 heavy (non-hydrogen) atoms. The van der Waals surface area contributed by atoms with Crippen LogP contribution < -0.4 is 0 Å². The SMILES string of the molecule is CC[As](CCOCC[As](CC)S(=O)(=O)C(F)(F)C(F)(F)C(F)(F)C(F)(F)C(F)(F)C(F)(F)C(F)(F)C(F)(F)F)S(=O)(=O)C(F)(F)C(F)(F)C(F)(F)C(F)(F)C(F)(F)C(F)(F)C(F)(F)C(F)(F)F. The molecular weight excluding hydrogens is 1230 g/mol. The van der Waals surface area contributed by atoms with Crippen molar-refractivity contribution in [2.45, 2.75) is 129 Å². The Kier molecular flexibility index (Phi) is 17.9. The maximum atomic E-state index is 14.6. The molecule has 0 aliphatic heterocycles. The van der Waals surface area contributed by atoms with Gasteiger partial charge in [0.25, 0.3) is 0 Å². The van der Waals surface area contributed by atoms with E-state index < -0.39 is 171 Å². The number of hydrogen-bond donors (Lipinski definition) is 0. The molecule has 0 heterocycles. The van der Waals surface area contributed by atoms with E-state index in [4.69, 9.17) is 0 Å². The summed E-state index contributed by atoms with van der Waals surface area (Å²) in [6, 6.07) is 0. The summed E-state index contributed by atoms with van der Waals surface area (Å²) >= 11 is -11.0. The Balaban J connectivity index is 6.70. The van der Waals surface area contributed by atoms with Crippen LogP contribution in [0, 0.1) is 0 Å². The molecule has 404 valence electrons. The van der Waals surface area contributed by atoms with Gasteiger partial charge < -0.3 is 0 Å². The van der Waals surface area contributed by atoms with Crippen LogP contribution in [0.4, 0.5) is 149 Å². The van der Waals surface area contributed by atoms with Crippen molar-refractivity contribution in [2.24, 2.45) is 0 Å². The summed E-state index contributed by atoms with van der Waals surface area (Å²) in [6.07, 6.45) is -16.2. The van der Waals surface area contributed by atoms with Gasteiger partial charge in [0.1, 0.15) is 0 Å². The number of hydrogen-bond acceptors (Lipinski definition) is 5. The molecular formula is C24H18As2F34O5S2. The molecule has 0 amide bonds. The summed E-state index contributed by atoms with van der Waals surface area (Å²) in [4.78, 5) is 0. The van der Waals surface area contributed by atoms with Gasteiger partial charge in [0.2, 0.25) is 0 Å². The molecule has 0 rings (SSSR count). The van der Waals surface area contributed by atoms with Crippen LogP contribution in [0.2, 0.25) is 20.8 Å².